The van der Waals surface area contributed by atoms with Crippen molar-refractivity contribution in [2.75, 3.05) is 13.1 Å². The van der Waals surface area contributed by atoms with Gasteiger partial charge < -0.3 is 21.9 Å². The number of nitro benzene ring substituents is 1. The number of nitrogens with one attached hydrogen (secondary N) is 2. The first-order valence-electron chi connectivity index (χ1n) is 9.31. The molecule has 1 aromatic rings. The number of amides is 1. The maximum atomic E-state index is 12.2. The number of nitrogens with zero attached hydrogens (tertiary/aromatic N) is 1. The zero-order chi connectivity index (χ0) is 22.7. The molecule has 12 nitrogen and oxygen atoms in total. The molecular weight excluding hydrogens is 418 g/mol. The first-order chi connectivity index (χ1) is 14.1. The predicted octanol–water partition coefficient (Wildman–Crippen LogP) is -0.321. The average Bonchev–Trinajstić information content (AvgIpc) is 2.70. The molecule has 30 heavy (non-hydrogen) atoms. The third-order valence-electron chi connectivity index (χ3n) is 4.24. The van der Waals surface area contributed by atoms with Crippen LogP contribution >= 0.6 is 0 Å². The van der Waals surface area contributed by atoms with Crippen molar-refractivity contribution >= 4 is 27.6 Å². The van der Waals surface area contributed by atoms with E-state index in [1.54, 1.807) is 0 Å². The van der Waals surface area contributed by atoms with Crippen LogP contribution < -0.4 is 21.5 Å². The molecule has 0 fully saturated rings. The van der Waals surface area contributed by atoms with Crippen molar-refractivity contribution in [3.8, 4) is 0 Å². The lowest BCUT2D eigenvalue weighted by Gasteiger charge is -2.18. The molecule has 0 spiro atoms. The summed E-state index contributed by atoms with van der Waals surface area (Å²) in [5.74, 6) is -1.79. The van der Waals surface area contributed by atoms with Crippen molar-refractivity contribution in [2.45, 2.75) is 49.1 Å². The maximum absolute atomic E-state index is 12.2. The van der Waals surface area contributed by atoms with Gasteiger partial charge >= 0.3 is 5.97 Å². The number of carbonyl (C=O) groups is 2. The summed E-state index contributed by atoms with van der Waals surface area (Å²) in [7, 11) is -3.87. The van der Waals surface area contributed by atoms with Crippen LogP contribution in [0.15, 0.2) is 29.2 Å². The minimum atomic E-state index is -3.87. The van der Waals surface area contributed by atoms with Gasteiger partial charge in [-0.3, -0.25) is 14.9 Å². The first-order valence-corrected chi connectivity index (χ1v) is 10.8. The largest absolute Gasteiger partial charge is 0.480 e. The highest BCUT2D eigenvalue weighted by Crippen LogP contribution is 2.15. The molecule has 7 N–H and O–H groups in total. The van der Waals surface area contributed by atoms with Gasteiger partial charge in [-0.05, 0) is 50.8 Å². The Balaban J connectivity index is 2.47. The summed E-state index contributed by atoms with van der Waals surface area (Å²) in [6, 6.07) is 2.36. The summed E-state index contributed by atoms with van der Waals surface area (Å²) in [5, 5.41) is 22.2. The summed E-state index contributed by atoms with van der Waals surface area (Å²) >= 11 is 0. The summed E-state index contributed by atoms with van der Waals surface area (Å²) in [4.78, 5) is 33.1. The molecule has 1 rings (SSSR count). The minimum absolute atomic E-state index is 0.0147. The number of carboxylic acids is 1. The molecular formula is C17H27N5O7S. The summed E-state index contributed by atoms with van der Waals surface area (Å²) in [6.07, 6.45) is 1.78. The van der Waals surface area contributed by atoms with Crippen molar-refractivity contribution in [3.05, 3.63) is 34.4 Å². The molecule has 0 heterocycles. The molecule has 13 heteroatoms. The van der Waals surface area contributed by atoms with Gasteiger partial charge in [0.25, 0.3) is 5.69 Å². The van der Waals surface area contributed by atoms with Gasteiger partial charge in [0.1, 0.15) is 6.04 Å². The third-order valence-corrected chi connectivity index (χ3v) is 5.72. The minimum Gasteiger partial charge on any atom is -0.480 e. The number of aliphatic carboxylic acids is 1. The number of non-ortho nitro benzene ring substituents is 1. The van der Waals surface area contributed by atoms with Gasteiger partial charge in [-0.15, -0.1) is 0 Å². The van der Waals surface area contributed by atoms with E-state index in [-0.39, 0.29) is 36.4 Å². The number of hydrogen-bond acceptors (Lipinski definition) is 8. The van der Waals surface area contributed by atoms with Crippen LogP contribution in [0.4, 0.5) is 5.69 Å². The Morgan fingerprint density at radius 3 is 2.30 bits per heavy atom. The van der Waals surface area contributed by atoms with Crippen molar-refractivity contribution in [3.63, 3.8) is 0 Å². The Labute approximate surface area is 174 Å². The number of nitro groups is 1. The van der Waals surface area contributed by atoms with E-state index in [2.05, 4.69) is 10.0 Å². The monoisotopic (exact) mass is 445 g/mol. The molecule has 0 aliphatic heterocycles. The fourth-order valence-electron chi connectivity index (χ4n) is 2.52. The second-order valence-electron chi connectivity index (χ2n) is 6.58. The number of unbranched alkanes of at least 4 members (excludes halogenated alkanes) is 1. The van der Waals surface area contributed by atoms with Crippen molar-refractivity contribution in [1.29, 1.82) is 0 Å². The van der Waals surface area contributed by atoms with Crippen LogP contribution in [0.25, 0.3) is 0 Å². The van der Waals surface area contributed by atoms with Crippen LogP contribution in [-0.2, 0) is 19.6 Å². The molecule has 0 aliphatic carbocycles. The number of nitrogens with two attached hydrogens (primary N) is 2. The highest BCUT2D eigenvalue weighted by Gasteiger charge is 2.23. The van der Waals surface area contributed by atoms with E-state index in [1.807, 2.05) is 0 Å². The lowest BCUT2D eigenvalue weighted by molar-refractivity contribution is -0.384. The van der Waals surface area contributed by atoms with Gasteiger partial charge in [0.05, 0.1) is 15.9 Å². The van der Waals surface area contributed by atoms with Gasteiger partial charge in [0.15, 0.2) is 0 Å². The number of hydrogen-bond donors (Lipinski definition) is 5. The zero-order valence-electron chi connectivity index (χ0n) is 16.3. The number of sulfonamides is 1. The number of carbonyl (C=O) groups excluding carboxylic acids is 1. The Kier molecular flexibility index (Phi) is 10.3. The molecule has 0 aromatic heterocycles. The van der Waals surface area contributed by atoms with Crippen LogP contribution in [0.1, 0.15) is 32.1 Å². The van der Waals surface area contributed by atoms with Crippen LogP contribution in [0, 0.1) is 10.1 Å². The molecule has 0 saturated heterocycles. The van der Waals surface area contributed by atoms with Gasteiger partial charge in [-0.2, -0.15) is 0 Å². The Hall–Kier alpha value is -2.61. The summed E-state index contributed by atoms with van der Waals surface area (Å²) in [5.41, 5.74) is 10.9. The Morgan fingerprint density at radius 1 is 1.13 bits per heavy atom. The second kappa shape index (κ2) is 12.2. The van der Waals surface area contributed by atoms with Gasteiger partial charge in [0.2, 0.25) is 15.9 Å². The Bertz CT molecular complexity index is 829. The standard InChI is InChI=1S/C17H27N5O7S/c18-10-2-1-5-15(17(24)25)21-16(23)14(19)4-3-11-20-30(28,29)13-8-6-12(7-9-13)22(26)27/h6-9,14-15,20H,1-5,10-11,18-19H2,(H,21,23)(H,24,25)/t14-,15-/m0/s1. The van der Waals surface area contributed by atoms with Crippen LogP contribution in [-0.4, -0.2) is 55.5 Å². The molecule has 0 unspecified atom stereocenters. The van der Waals surface area contributed by atoms with Crippen molar-refractivity contribution < 1.29 is 28.0 Å². The fraction of sp³-hybridized carbons (Fsp3) is 0.529. The van der Waals surface area contributed by atoms with Gasteiger partial charge in [0, 0.05) is 18.7 Å². The fourth-order valence-corrected chi connectivity index (χ4v) is 3.59. The first kappa shape index (κ1) is 25.4. The van der Waals surface area contributed by atoms with Crippen molar-refractivity contribution in [2.24, 2.45) is 11.5 Å². The molecule has 2 atom stereocenters. The lowest BCUT2D eigenvalue weighted by atomic mass is 10.1. The average molecular weight is 445 g/mol. The van der Waals surface area contributed by atoms with E-state index in [0.29, 0.717) is 19.4 Å². The van der Waals surface area contributed by atoms with E-state index in [4.69, 9.17) is 16.6 Å². The molecule has 1 aromatic carbocycles. The maximum Gasteiger partial charge on any atom is 0.326 e. The highest BCUT2D eigenvalue weighted by atomic mass is 32.2. The molecule has 168 valence electrons. The van der Waals surface area contributed by atoms with Crippen molar-refractivity contribution in [1.82, 2.24) is 10.0 Å². The summed E-state index contributed by atoms with van der Waals surface area (Å²) < 4.78 is 26.7. The molecule has 1 amide bonds. The van der Waals surface area contributed by atoms with E-state index in [9.17, 15) is 28.1 Å². The van der Waals surface area contributed by atoms with Crippen LogP contribution in [0.5, 0.6) is 0 Å². The second-order valence-corrected chi connectivity index (χ2v) is 8.35. The quantitative estimate of drug-likeness (QED) is 0.144. The van der Waals surface area contributed by atoms with E-state index in [1.165, 1.54) is 0 Å². The molecule has 0 radical (unpaired) electrons. The van der Waals surface area contributed by atoms with E-state index < -0.39 is 38.9 Å². The van der Waals surface area contributed by atoms with E-state index in [0.717, 1.165) is 24.3 Å². The SMILES string of the molecule is NCCCC[C@H](NC(=O)[C@@H](N)CCCNS(=O)(=O)c1ccc([N+](=O)[O-])cc1)C(=O)O. The number of benzene rings is 1. The smallest absolute Gasteiger partial charge is 0.326 e. The zero-order valence-corrected chi connectivity index (χ0v) is 17.1. The highest BCUT2D eigenvalue weighted by molar-refractivity contribution is 7.89. The number of carboxylic acid groups (broad SMARTS) is 1. The number of rotatable bonds is 14. The van der Waals surface area contributed by atoms with Crippen LogP contribution in [0.3, 0.4) is 0 Å². The predicted molar refractivity (Wildman–Crippen MR) is 108 cm³/mol. The Morgan fingerprint density at radius 2 is 1.77 bits per heavy atom. The van der Waals surface area contributed by atoms with E-state index >= 15 is 0 Å². The summed E-state index contributed by atoms with van der Waals surface area (Å²) in [6.45, 7) is 0.411. The third kappa shape index (κ3) is 8.41. The normalized spacial score (nSPS) is 13.4. The lowest BCUT2D eigenvalue weighted by Crippen LogP contribution is -2.48. The molecule has 0 aliphatic rings. The molecule has 0 bridgehead atoms. The van der Waals surface area contributed by atoms with Gasteiger partial charge in [-0.1, -0.05) is 0 Å². The molecule has 0 saturated carbocycles. The topological polar surface area (TPSA) is 208 Å². The van der Waals surface area contributed by atoms with Crippen LogP contribution in [0.2, 0.25) is 0 Å². The van der Waals surface area contributed by atoms with Gasteiger partial charge in [-0.25, -0.2) is 17.9 Å².